The van der Waals surface area contributed by atoms with Crippen LogP contribution in [0.2, 0.25) is 5.02 Å². The number of rotatable bonds is 6. The number of halogens is 1. The number of carbonyl (C=O) groups is 1. The molecule has 2 aromatic carbocycles. The summed E-state index contributed by atoms with van der Waals surface area (Å²) in [6, 6.07) is 11.3. The lowest BCUT2D eigenvalue weighted by Gasteiger charge is -2.15. The molecule has 1 fully saturated rings. The third-order valence-corrected chi connectivity index (χ3v) is 6.51. The second kappa shape index (κ2) is 8.29. The average molecular weight is 409 g/mol. The van der Waals surface area contributed by atoms with Gasteiger partial charge in [-0.05, 0) is 67.8 Å². The van der Waals surface area contributed by atoms with E-state index in [4.69, 9.17) is 16.3 Å². The SMILES string of the molecule is Cc1cc(Cl)ccc1NC(=O)COc1ccc(S(=O)(=O)N2CCCC2)cc1. The molecular formula is C19H21ClN2O4S. The number of ether oxygens (including phenoxy) is 1. The van der Waals surface area contributed by atoms with E-state index in [1.165, 1.54) is 16.4 Å². The Morgan fingerprint density at radius 3 is 2.44 bits per heavy atom. The van der Waals surface area contributed by atoms with Crippen molar-refractivity contribution in [3.63, 3.8) is 0 Å². The van der Waals surface area contributed by atoms with Crippen LogP contribution >= 0.6 is 11.6 Å². The van der Waals surface area contributed by atoms with Crippen molar-refractivity contribution in [1.82, 2.24) is 4.31 Å². The maximum atomic E-state index is 12.5. The first kappa shape index (κ1) is 19.7. The lowest BCUT2D eigenvalue weighted by molar-refractivity contribution is -0.118. The Kier molecular flexibility index (Phi) is 6.04. The number of benzene rings is 2. The number of amides is 1. The van der Waals surface area contributed by atoms with Gasteiger partial charge in [0.15, 0.2) is 6.61 Å². The first-order chi connectivity index (χ1) is 12.9. The summed E-state index contributed by atoms with van der Waals surface area (Å²) in [5, 5.41) is 3.36. The van der Waals surface area contributed by atoms with E-state index in [1.807, 2.05) is 6.92 Å². The van der Waals surface area contributed by atoms with Gasteiger partial charge < -0.3 is 10.1 Å². The third-order valence-electron chi connectivity index (χ3n) is 4.36. The molecule has 3 rings (SSSR count). The molecular weight excluding hydrogens is 388 g/mol. The van der Waals surface area contributed by atoms with Gasteiger partial charge in [-0.1, -0.05) is 11.6 Å². The van der Waals surface area contributed by atoms with Crippen molar-refractivity contribution in [3.8, 4) is 5.75 Å². The smallest absolute Gasteiger partial charge is 0.262 e. The summed E-state index contributed by atoms with van der Waals surface area (Å²) >= 11 is 5.90. The summed E-state index contributed by atoms with van der Waals surface area (Å²) < 4.78 is 31.9. The van der Waals surface area contributed by atoms with E-state index in [0.717, 1.165) is 18.4 Å². The van der Waals surface area contributed by atoms with E-state index in [9.17, 15) is 13.2 Å². The molecule has 1 N–H and O–H groups in total. The lowest BCUT2D eigenvalue weighted by atomic mass is 10.2. The normalized spacial score (nSPS) is 14.9. The Bertz CT molecular complexity index is 923. The first-order valence-electron chi connectivity index (χ1n) is 8.65. The van der Waals surface area contributed by atoms with Gasteiger partial charge in [0.25, 0.3) is 5.91 Å². The highest BCUT2D eigenvalue weighted by Gasteiger charge is 2.26. The molecule has 8 heteroatoms. The minimum absolute atomic E-state index is 0.180. The van der Waals surface area contributed by atoms with Crippen molar-refractivity contribution >= 4 is 33.2 Å². The maximum absolute atomic E-state index is 12.5. The van der Waals surface area contributed by atoms with Crippen LogP contribution in [0.25, 0.3) is 0 Å². The fourth-order valence-electron chi connectivity index (χ4n) is 2.89. The predicted molar refractivity (Wildman–Crippen MR) is 105 cm³/mol. The second-order valence-electron chi connectivity index (χ2n) is 6.38. The van der Waals surface area contributed by atoms with Crippen molar-refractivity contribution in [2.24, 2.45) is 0 Å². The Morgan fingerprint density at radius 2 is 1.81 bits per heavy atom. The Labute approximate surface area is 164 Å². The molecule has 0 atom stereocenters. The Morgan fingerprint density at radius 1 is 1.15 bits per heavy atom. The highest BCUT2D eigenvalue weighted by molar-refractivity contribution is 7.89. The summed E-state index contributed by atoms with van der Waals surface area (Å²) in [5.74, 6) is 0.118. The molecule has 1 aliphatic heterocycles. The van der Waals surface area contributed by atoms with Crippen LogP contribution in [0.4, 0.5) is 5.69 Å². The number of sulfonamides is 1. The Balaban J connectivity index is 1.57. The number of aryl methyl sites for hydroxylation is 1. The quantitative estimate of drug-likeness (QED) is 0.794. The summed E-state index contributed by atoms with van der Waals surface area (Å²) in [6.07, 6.45) is 1.78. The fourth-order valence-corrected chi connectivity index (χ4v) is 4.63. The van der Waals surface area contributed by atoms with Crippen molar-refractivity contribution in [3.05, 3.63) is 53.1 Å². The molecule has 0 aliphatic carbocycles. The zero-order valence-electron chi connectivity index (χ0n) is 14.9. The summed E-state index contributed by atoms with van der Waals surface area (Å²) in [7, 11) is -3.45. The van der Waals surface area contributed by atoms with Gasteiger partial charge in [0, 0.05) is 23.8 Å². The van der Waals surface area contributed by atoms with E-state index in [-0.39, 0.29) is 17.4 Å². The van der Waals surface area contributed by atoms with Crippen molar-refractivity contribution in [2.75, 3.05) is 25.0 Å². The topological polar surface area (TPSA) is 75.7 Å². The van der Waals surface area contributed by atoms with Crippen LogP contribution < -0.4 is 10.1 Å². The number of nitrogens with zero attached hydrogens (tertiary/aromatic N) is 1. The molecule has 0 bridgehead atoms. The number of nitrogens with one attached hydrogen (secondary N) is 1. The standard InChI is InChI=1S/C19H21ClN2O4S/c1-14-12-15(20)4-9-18(14)21-19(23)13-26-16-5-7-17(8-6-16)27(24,25)22-10-2-3-11-22/h4-9,12H,2-3,10-11,13H2,1H3,(H,21,23). The van der Waals surface area contributed by atoms with Gasteiger partial charge in [0.1, 0.15) is 5.75 Å². The molecule has 6 nitrogen and oxygen atoms in total. The van der Waals surface area contributed by atoms with Crippen LogP contribution in [-0.4, -0.2) is 38.3 Å². The highest BCUT2D eigenvalue weighted by atomic mass is 35.5. The molecule has 144 valence electrons. The summed E-state index contributed by atoms with van der Waals surface area (Å²) in [4.78, 5) is 12.3. The van der Waals surface area contributed by atoms with E-state index >= 15 is 0 Å². The van der Waals surface area contributed by atoms with Crippen molar-refractivity contribution in [1.29, 1.82) is 0 Å². The van der Waals surface area contributed by atoms with E-state index in [0.29, 0.717) is 29.5 Å². The van der Waals surface area contributed by atoms with E-state index < -0.39 is 10.0 Å². The number of hydrogen-bond acceptors (Lipinski definition) is 4. The van der Waals surface area contributed by atoms with Gasteiger partial charge in [-0.25, -0.2) is 8.42 Å². The van der Waals surface area contributed by atoms with E-state index in [2.05, 4.69) is 5.32 Å². The number of anilines is 1. The van der Waals surface area contributed by atoms with Gasteiger partial charge in [-0.2, -0.15) is 4.31 Å². The molecule has 0 unspecified atom stereocenters. The van der Waals surface area contributed by atoms with Gasteiger partial charge in [0.2, 0.25) is 10.0 Å². The third kappa shape index (κ3) is 4.80. The summed E-state index contributed by atoms with van der Waals surface area (Å²) in [5.41, 5.74) is 1.52. The zero-order valence-corrected chi connectivity index (χ0v) is 16.5. The number of hydrogen-bond donors (Lipinski definition) is 1. The maximum Gasteiger partial charge on any atom is 0.262 e. The monoisotopic (exact) mass is 408 g/mol. The van der Waals surface area contributed by atoms with Crippen LogP contribution in [0.3, 0.4) is 0 Å². The van der Waals surface area contributed by atoms with Crippen LogP contribution in [-0.2, 0) is 14.8 Å². The fraction of sp³-hybridized carbons (Fsp3) is 0.316. The van der Waals surface area contributed by atoms with Crippen molar-refractivity contribution < 1.29 is 17.9 Å². The van der Waals surface area contributed by atoms with Gasteiger partial charge in [-0.15, -0.1) is 0 Å². The molecule has 0 aromatic heterocycles. The Hall–Kier alpha value is -2.09. The second-order valence-corrected chi connectivity index (χ2v) is 8.75. The molecule has 27 heavy (non-hydrogen) atoms. The van der Waals surface area contributed by atoms with Gasteiger partial charge in [-0.3, -0.25) is 4.79 Å². The minimum Gasteiger partial charge on any atom is -0.484 e. The largest absolute Gasteiger partial charge is 0.484 e. The molecule has 0 radical (unpaired) electrons. The minimum atomic E-state index is -3.45. The van der Waals surface area contributed by atoms with E-state index in [1.54, 1.807) is 30.3 Å². The van der Waals surface area contributed by atoms with Gasteiger partial charge >= 0.3 is 0 Å². The van der Waals surface area contributed by atoms with Crippen LogP contribution in [0.1, 0.15) is 18.4 Å². The summed E-state index contributed by atoms with van der Waals surface area (Å²) in [6.45, 7) is 2.79. The molecule has 1 heterocycles. The molecule has 1 saturated heterocycles. The van der Waals surface area contributed by atoms with Crippen molar-refractivity contribution in [2.45, 2.75) is 24.7 Å². The molecule has 1 aliphatic rings. The molecule has 0 spiro atoms. The molecule has 1 amide bonds. The van der Waals surface area contributed by atoms with Crippen LogP contribution in [0, 0.1) is 6.92 Å². The number of carbonyl (C=O) groups excluding carboxylic acids is 1. The highest BCUT2D eigenvalue weighted by Crippen LogP contribution is 2.23. The van der Waals surface area contributed by atoms with Crippen LogP contribution in [0.5, 0.6) is 5.75 Å². The average Bonchev–Trinajstić information content (AvgIpc) is 3.18. The van der Waals surface area contributed by atoms with Crippen LogP contribution in [0.15, 0.2) is 47.4 Å². The zero-order chi connectivity index (χ0) is 19.4. The lowest BCUT2D eigenvalue weighted by Crippen LogP contribution is -2.27. The predicted octanol–water partition coefficient (Wildman–Crippen LogP) is 3.45. The van der Waals surface area contributed by atoms with Gasteiger partial charge in [0.05, 0.1) is 4.90 Å². The molecule has 0 saturated carbocycles. The first-order valence-corrected chi connectivity index (χ1v) is 10.5. The molecule has 2 aromatic rings.